The second-order valence-corrected chi connectivity index (χ2v) is 3.72. The van der Waals surface area contributed by atoms with Gasteiger partial charge >= 0.3 is 0 Å². The van der Waals surface area contributed by atoms with E-state index in [2.05, 4.69) is 11.2 Å². The molecule has 0 atom stereocenters. The lowest BCUT2D eigenvalue weighted by Crippen LogP contribution is -2.11. The molecule has 2 aromatic carbocycles. The predicted octanol–water partition coefficient (Wildman–Crippen LogP) is 3.18. The number of aryl methyl sites for hydroxylation is 1. The average molecular weight is 240 g/mol. The molecule has 0 aromatic heterocycles. The van der Waals surface area contributed by atoms with Crippen LogP contribution in [0.2, 0.25) is 0 Å². The van der Waals surface area contributed by atoms with Crippen molar-refractivity contribution in [2.75, 3.05) is 7.11 Å². The Morgan fingerprint density at radius 2 is 1.89 bits per heavy atom. The summed E-state index contributed by atoms with van der Waals surface area (Å²) in [7, 11) is 1.49. The highest BCUT2D eigenvalue weighted by Gasteiger charge is 2.08. The van der Waals surface area contributed by atoms with E-state index in [1.807, 2.05) is 55.5 Å². The Kier molecular flexibility index (Phi) is 3.97. The zero-order chi connectivity index (χ0) is 12.8. The maximum atomic E-state index is 5.77. The number of oxime groups is 1. The molecule has 0 unspecified atom stereocenters. The molecule has 0 aliphatic rings. The minimum absolute atomic E-state index is 0.396. The van der Waals surface area contributed by atoms with Crippen LogP contribution in [0.3, 0.4) is 0 Å². The summed E-state index contributed by atoms with van der Waals surface area (Å²) in [5.41, 5.74) is 1.79. The van der Waals surface area contributed by atoms with E-state index in [1.165, 1.54) is 7.11 Å². The van der Waals surface area contributed by atoms with E-state index in [-0.39, 0.29) is 0 Å². The third kappa shape index (κ3) is 2.88. The molecule has 0 fully saturated rings. The van der Waals surface area contributed by atoms with Crippen LogP contribution in [-0.2, 0) is 4.84 Å². The standard InChI is InChI=1S/C15H14NO2/c1-12-8-6-7-11-14(12)18-15(16-17-2)13-9-4-3-5-10-13/h3-9,11H,1-2H3/b16-15+. The molecule has 1 radical (unpaired) electrons. The van der Waals surface area contributed by atoms with Gasteiger partial charge in [0.2, 0.25) is 0 Å². The van der Waals surface area contributed by atoms with E-state index < -0.39 is 0 Å². The highest BCUT2D eigenvalue weighted by atomic mass is 16.6. The van der Waals surface area contributed by atoms with Crippen LogP contribution in [0, 0.1) is 13.0 Å². The van der Waals surface area contributed by atoms with Gasteiger partial charge in [0.1, 0.15) is 12.9 Å². The van der Waals surface area contributed by atoms with Gasteiger partial charge in [-0.3, -0.25) is 0 Å². The van der Waals surface area contributed by atoms with Gasteiger partial charge < -0.3 is 9.57 Å². The van der Waals surface area contributed by atoms with Crippen molar-refractivity contribution < 1.29 is 9.57 Å². The lowest BCUT2D eigenvalue weighted by molar-refractivity contribution is 0.206. The Morgan fingerprint density at radius 3 is 2.56 bits per heavy atom. The Balaban J connectivity index is 2.29. The molecule has 0 aliphatic carbocycles. The summed E-state index contributed by atoms with van der Waals surface area (Å²) in [5.74, 6) is 1.15. The minimum atomic E-state index is 0.396. The van der Waals surface area contributed by atoms with Crippen LogP contribution in [0.25, 0.3) is 0 Å². The van der Waals surface area contributed by atoms with Gasteiger partial charge in [0.15, 0.2) is 0 Å². The lowest BCUT2D eigenvalue weighted by Gasteiger charge is -2.09. The topological polar surface area (TPSA) is 30.8 Å². The summed E-state index contributed by atoms with van der Waals surface area (Å²) in [6, 6.07) is 18.3. The van der Waals surface area contributed by atoms with E-state index in [1.54, 1.807) is 0 Å². The Labute approximate surface area is 107 Å². The molecule has 0 saturated carbocycles. The number of rotatable bonds is 3. The number of para-hydroxylation sites is 1. The Hall–Kier alpha value is -2.29. The second-order valence-electron chi connectivity index (χ2n) is 3.72. The maximum absolute atomic E-state index is 5.77. The largest absolute Gasteiger partial charge is 0.436 e. The first-order chi connectivity index (χ1) is 8.81. The number of ether oxygens (including phenoxy) is 1. The monoisotopic (exact) mass is 240 g/mol. The maximum Gasteiger partial charge on any atom is 0.263 e. The van der Waals surface area contributed by atoms with Crippen LogP contribution in [0.5, 0.6) is 5.75 Å². The zero-order valence-electron chi connectivity index (χ0n) is 10.4. The van der Waals surface area contributed by atoms with Gasteiger partial charge in [-0.15, -0.1) is 0 Å². The van der Waals surface area contributed by atoms with Crippen molar-refractivity contribution in [2.45, 2.75) is 6.92 Å². The molecular weight excluding hydrogens is 226 g/mol. The van der Waals surface area contributed by atoms with Crippen LogP contribution in [0.1, 0.15) is 11.1 Å². The quantitative estimate of drug-likeness (QED) is 0.468. The molecule has 0 heterocycles. The number of hydrogen-bond donors (Lipinski definition) is 0. The van der Waals surface area contributed by atoms with Crippen molar-refractivity contribution >= 4 is 5.90 Å². The van der Waals surface area contributed by atoms with Crippen molar-refractivity contribution in [2.24, 2.45) is 5.16 Å². The molecule has 3 nitrogen and oxygen atoms in total. The minimum Gasteiger partial charge on any atom is -0.436 e. The summed E-state index contributed by atoms with van der Waals surface area (Å²) in [4.78, 5) is 4.81. The van der Waals surface area contributed by atoms with Crippen molar-refractivity contribution in [1.82, 2.24) is 0 Å². The molecule has 0 N–H and O–H groups in total. The Bertz CT molecular complexity index is 535. The van der Waals surface area contributed by atoms with Gasteiger partial charge in [-0.1, -0.05) is 36.4 Å². The fraction of sp³-hybridized carbons (Fsp3) is 0.133. The molecule has 91 valence electrons. The fourth-order valence-corrected chi connectivity index (χ4v) is 1.51. The number of hydrogen-bond acceptors (Lipinski definition) is 3. The molecule has 0 amide bonds. The molecule has 3 heteroatoms. The third-order valence-electron chi connectivity index (χ3n) is 2.41. The summed E-state index contributed by atoms with van der Waals surface area (Å²) in [6.07, 6.45) is 0. The summed E-state index contributed by atoms with van der Waals surface area (Å²) in [5, 5.41) is 3.89. The summed E-state index contributed by atoms with van der Waals surface area (Å²) < 4.78 is 5.77. The number of benzene rings is 2. The van der Waals surface area contributed by atoms with Gasteiger partial charge in [0.05, 0.1) is 0 Å². The third-order valence-corrected chi connectivity index (χ3v) is 2.41. The Morgan fingerprint density at radius 1 is 1.11 bits per heavy atom. The molecule has 0 saturated heterocycles. The van der Waals surface area contributed by atoms with E-state index in [0.29, 0.717) is 5.90 Å². The van der Waals surface area contributed by atoms with Crippen molar-refractivity contribution in [1.29, 1.82) is 0 Å². The first-order valence-corrected chi connectivity index (χ1v) is 5.63. The molecule has 0 bridgehead atoms. The van der Waals surface area contributed by atoms with Crippen LogP contribution in [0.4, 0.5) is 0 Å². The average Bonchev–Trinajstić information content (AvgIpc) is 2.42. The van der Waals surface area contributed by atoms with E-state index in [0.717, 1.165) is 16.9 Å². The van der Waals surface area contributed by atoms with E-state index in [4.69, 9.17) is 9.57 Å². The van der Waals surface area contributed by atoms with Gasteiger partial charge in [-0.2, -0.15) is 0 Å². The molecule has 2 rings (SSSR count). The van der Waals surface area contributed by atoms with E-state index in [9.17, 15) is 0 Å². The lowest BCUT2D eigenvalue weighted by atomic mass is 10.2. The molecule has 0 aliphatic heterocycles. The van der Waals surface area contributed by atoms with Gasteiger partial charge in [0.25, 0.3) is 5.90 Å². The molecule has 18 heavy (non-hydrogen) atoms. The van der Waals surface area contributed by atoms with Gasteiger partial charge in [0, 0.05) is 5.56 Å². The smallest absolute Gasteiger partial charge is 0.263 e. The summed E-state index contributed by atoms with van der Waals surface area (Å²) in [6.45, 7) is 1.98. The first-order valence-electron chi connectivity index (χ1n) is 5.63. The van der Waals surface area contributed by atoms with Crippen LogP contribution in [-0.4, -0.2) is 13.0 Å². The predicted molar refractivity (Wildman–Crippen MR) is 70.6 cm³/mol. The molecular formula is C15H14NO2. The highest BCUT2D eigenvalue weighted by Crippen LogP contribution is 2.18. The SMILES string of the molecule is CO/N=C(/Oc1ccccc1C)c1[c]cccc1. The first kappa shape index (κ1) is 12.2. The second kappa shape index (κ2) is 5.87. The van der Waals surface area contributed by atoms with E-state index >= 15 is 0 Å². The molecule has 2 aromatic rings. The van der Waals surface area contributed by atoms with Gasteiger partial charge in [-0.05, 0) is 35.8 Å². The molecule has 0 spiro atoms. The zero-order valence-corrected chi connectivity index (χ0v) is 10.4. The van der Waals surface area contributed by atoms with Crippen molar-refractivity contribution in [3.05, 3.63) is 65.7 Å². The highest BCUT2D eigenvalue weighted by molar-refractivity contribution is 5.95. The number of nitrogens with zero attached hydrogens (tertiary/aromatic N) is 1. The summed E-state index contributed by atoms with van der Waals surface area (Å²) >= 11 is 0. The van der Waals surface area contributed by atoms with Crippen LogP contribution in [0.15, 0.2) is 53.7 Å². The van der Waals surface area contributed by atoms with Crippen molar-refractivity contribution in [3.63, 3.8) is 0 Å². The fourth-order valence-electron chi connectivity index (χ4n) is 1.51. The normalized spacial score (nSPS) is 11.1. The van der Waals surface area contributed by atoms with Crippen LogP contribution >= 0.6 is 0 Å². The van der Waals surface area contributed by atoms with Crippen molar-refractivity contribution in [3.8, 4) is 5.75 Å². The van der Waals surface area contributed by atoms with Gasteiger partial charge in [-0.25, -0.2) is 0 Å². The van der Waals surface area contributed by atoms with Crippen LogP contribution < -0.4 is 4.74 Å².